The van der Waals surface area contributed by atoms with Gasteiger partial charge in [0.05, 0.1) is 12.2 Å². The van der Waals surface area contributed by atoms with Crippen molar-refractivity contribution in [1.82, 2.24) is 0 Å². The summed E-state index contributed by atoms with van der Waals surface area (Å²) in [5, 5.41) is 2.61. The normalized spacial score (nSPS) is 11.4. The maximum Gasteiger partial charge on any atom is 0.338 e. The molecule has 0 bridgehead atoms. The van der Waals surface area contributed by atoms with Gasteiger partial charge in [0.25, 0.3) is 5.91 Å². The van der Waals surface area contributed by atoms with Crippen molar-refractivity contribution in [2.24, 2.45) is 5.73 Å². The molecular formula is C21H24N2O5. The average Bonchev–Trinajstić information content (AvgIpc) is 2.69. The first kappa shape index (κ1) is 21.0. The van der Waals surface area contributed by atoms with Gasteiger partial charge in [-0.3, -0.25) is 9.59 Å². The quantitative estimate of drug-likeness (QED) is 0.510. The monoisotopic (exact) mass is 384 g/mol. The highest BCUT2D eigenvalue weighted by Gasteiger charge is 2.19. The molecule has 0 saturated carbocycles. The predicted octanol–water partition coefficient (Wildman–Crippen LogP) is 3.15. The van der Waals surface area contributed by atoms with Crippen LogP contribution in [0.15, 0.2) is 48.5 Å². The maximum atomic E-state index is 12.2. The Morgan fingerprint density at radius 3 is 2.18 bits per heavy atom. The van der Waals surface area contributed by atoms with Crippen molar-refractivity contribution in [2.75, 3.05) is 11.9 Å². The molecule has 0 heterocycles. The second-order valence-electron chi connectivity index (χ2n) is 6.20. The van der Waals surface area contributed by atoms with Crippen LogP contribution in [-0.2, 0) is 9.53 Å². The van der Waals surface area contributed by atoms with Crippen LogP contribution >= 0.6 is 0 Å². The van der Waals surface area contributed by atoms with Crippen LogP contribution in [-0.4, -0.2) is 30.5 Å². The topological polar surface area (TPSA) is 108 Å². The van der Waals surface area contributed by atoms with Gasteiger partial charge in [0, 0.05) is 11.3 Å². The number of hydrogen-bond donors (Lipinski definition) is 2. The number of anilines is 1. The lowest BCUT2D eigenvalue weighted by atomic mass is 10.2. The fourth-order valence-corrected chi connectivity index (χ4v) is 2.27. The van der Waals surface area contributed by atoms with Crippen molar-refractivity contribution in [3.8, 4) is 5.75 Å². The average molecular weight is 384 g/mol. The summed E-state index contributed by atoms with van der Waals surface area (Å²) in [6.45, 7) is 4.18. The number of amides is 2. The first-order valence-corrected chi connectivity index (χ1v) is 9.05. The molecule has 0 radical (unpaired) electrons. The molecule has 2 aromatic rings. The van der Waals surface area contributed by atoms with Crippen LogP contribution in [0.1, 0.15) is 47.4 Å². The van der Waals surface area contributed by atoms with Gasteiger partial charge >= 0.3 is 5.97 Å². The zero-order valence-corrected chi connectivity index (χ0v) is 15.9. The standard InChI is InChI=1S/C21H24N2O5/c1-3-4-13-27-18-11-7-16(8-12-18)21(26)28-14(2)20(25)23-17-9-5-15(6-10-17)19(22)24/h5-12,14H,3-4,13H2,1-2H3,(H2,22,24)(H,23,25). The largest absolute Gasteiger partial charge is 0.494 e. The highest BCUT2D eigenvalue weighted by molar-refractivity contribution is 5.98. The second kappa shape index (κ2) is 10.1. The summed E-state index contributed by atoms with van der Waals surface area (Å²) in [6.07, 6.45) is 1.00. The van der Waals surface area contributed by atoms with E-state index in [9.17, 15) is 14.4 Å². The number of esters is 1. The van der Waals surface area contributed by atoms with E-state index in [1.165, 1.54) is 19.1 Å². The molecule has 0 fully saturated rings. The van der Waals surface area contributed by atoms with Crippen molar-refractivity contribution < 1.29 is 23.9 Å². The van der Waals surface area contributed by atoms with Crippen LogP contribution in [0.2, 0.25) is 0 Å². The summed E-state index contributed by atoms with van der Waals surface area (Å²) < 4.78 is 10.7. The van der Waals surface area contributed by atoms with Gasteiger partial charge in [-0.2, -0.15) is 0 Å². The zero-order chi connectivity index (χ0) is 20.5. The molecule has 7 nitrogen and oxygen atoms in total. The molecule has 1 atom stereocenters. The van der Waals surface area contributed by atoms with Crippen molar-refractivity contribution in [2.45, 2.75) is 32.8 Å². The van der Waals surface area contributed by atoms with E-state index < -0.39 is 23.9 Å². The van der Waals surface area contributed by atoms with Crippen LogP contribution in [0, 0.1) is 0 Å². The molecule has 1 unspecified atom stereocenters. The van der Waals surface area contributed by atoms with Crippen LogP contribution in [0.4, 0.5) is 5.69 Å². The Balaban J connectivity index is 1.88. The van der Waals surface area contributed by atoms with E-state index in [1.807, 2.05) is 0 Å². The number of primary amides is 1. The number of rotatable bonds is 9. The van der Waals surface area contributed by atoms with E-state index in [0.717, 1.165) is 12.8 Å². The minimum absolute atomic E-state index is 0.327. The maximum absolute atomic E-state index is 12.2. The number of hydrogen-bond acceptors (Lipinski definition) is 5. The molecule has 2 aromatic carbocycles. The molecule has 2 rings (SSSR count). The first-order valence-electron chi connectivity index (χ1n) is 9.05. The van der Waals surface area contributed by atoms with E-state index in [1.54, 1.807) is 36.4 Å². The van der Waals surface area contributed by atoms with E-state index in [-0.39, 0.29) is 0 Å². The number of carbonyl (C=O) groups is 3. The minimum atomic E-state index is -0.996. The van der Waals surface area contributed by atoms with Gasteiger partial charge < -0.3 is 20.5 Å². The molecular weight excluding hydrogens is 360 g/mol. The highest BCUT2D eigenvalue weighted by Crippen LogP contribution is 2.15. The van der Waals surface area contributed by atoms with Gasteiger partial charge in [-0.1, -0.05) is 13.3 Å². The SMILES string of the molecule is CCCCOc1ccc(C(=O)OC(C)C(=O)Nc2ccc(C(N)=O)cc2)cc1. The fraction of sp³-hybridized carbons (Fsp3) is 0.286. The lowest BCUT2D eigenvalue weighted by Gasteiger charge is -2.14. The Bertz CT molecular complexity index is 816. The first-order chi connectivity index (χ1) is 13.4. The van der Waals surface area contributed by atoms with Gasteiger partial charge in [-0.25, -0.2) is 4.79 Å². The summed E-state index contributed by atoms with van der Waals surface area (Å²) in [4.78, 5) is 35.5. The lowest BCUT2D eigenvalue weighted by Crippen LogP contribution is -2.30. The molecule has 0 aliphatic rings. The summed E-state index contributed by atoms with van der Waals surface area (Å²) in [6, 6.07) is 12.7. The summed E-state index contributed by atoms with van der Waals surface area (Å²) >= 11 is 0. The van der Waals surface area contributed by atoms with E-state index in [2.05, 4.69) is 12.2 Å². The third kappa shape index (κ3) is 6.12. The Morgan fingerprint density at radius 1 is 1.00 bits per heavy atom. The molecule has 0 spiro atoms. The van der Waals surface area contributed by atoms with Gasteiger partial charge in [0.15, 0.2) is 6.10 Å². The van der Waals surface area contributed by atoms with Crippen LogP contribution in [0.5, 0.6) is 5.75 Å². The van der Waals surface area contributed by atoms with Crippen molar-refractivity contribution in [3.63, 3.8) is 0 Å². The summed E-state index contributed by atoms with van der Waals surface area (Å²) in [5.74, 6) is -0.969. The smallest absolute Gasteiger partial charge is 0.338 e. The van der Waals surface area contributed by atoms with Crippen molar-refractivity contribution in [3.05, 3.63) is 59.7 Å². The number of nitrogens with two attached hydrogens (primary N) is 1. The number of benzene rings is 2. The highest BCUT2D eigenvalue weighted by atomic mass is 16.5. The number of nitrogens with one attached hydrogen (secondary N) is 1. The number of ether oxygens (including phenoxy) is 2. The molecule has 2 amide bonds. The van der Waals surface area contributed by atoms with Crippen molar-refractivity contribution >= 4 is 23.5 Å². The van der Waals surface area contributed by atoms with E-state index in [0.29, 0.717) is 29.2 Å². The Labute approximate surface area is 163 Å². The zero-order valence-electron chi connectivity index (χ0n) is 15.9. The van der Waals surface area contributed by atoms with Gasteiger partial charge in [0.1, 0.15) is 5.75 Å². The van der Waals surface area contributed by atoms with Crippen LogP contribution < -0.4 is 15.8 Å². The molecule has 148 valence electrons. The van der Waals surface area contributed by atoms with Gasteiger partial charge in [-0.15, -0.1) is 0 Å². The summed E-state index contributed by atoms with van der Waals surface area (Å²) in [5.41, 5.74) is 6.30. The lowest BCUT2D eigenvalue weighted by molar-refractivity contribution is -0.123. The number of unbranched alkanes of at least 4 members (excludes halogenated alkanes) is 1. The molecule has 0 aliphatic heterocycles. The Hall–Kier alpha value is -3.35. The molecule has 0 aromatic heterocycles. The predicted molar refractivity (Wildman–Crippen MR) is 105 cm³/mol. The second-order valence-corrected chi connectivity index (χ2v) is 6.20. The van der Waals surface area contributed by atoms with Gasteiger partial charge in [-0.05, 0) is 61.9 Å². The van der Waals surface area contributed by atoms with Crippen LogP contribution in [0.25, 0.3) is 0 Å². The van der Waals surface area contributed by atoms with E-state index in [4.69, 9.17) is 15.2 Å². The van der Waals surface area contributed by atoms with Gasteiger partial charge in [0.2, 0.25) is 5.91 Å². The fourth-order valence-electron chi connectivity index (χ4n) is 2.27. The third-order valence-electron chi connectivity index (χ3n) is 3.95. The Morgan fingerprint density at radius 2 is 1.61 bits per heavy atom. The number of carbonyl (C=O) groups excluding carboxylic acids is 3. The molecule has 3 N–H and O–H groups in total. The third-order valence-corrected chi connectivity index (χ3v) is 3.95. The van der Waals surface area contributed by atoms with Crippen LogP contribution in [0.3, 0.4) is 0 Å². The van der Waals surface area contributed by atoms with Crippen molar-refractivity contribution in [1.29, 1.82) is 0 Å². The minimum Gasteiger partial charge on any atom is -0.494 e. The molecule has 28 heavy (non-hydrogen) atoms. The Kier molecular flexibility index (Phi) is 7.56. The molecule has 0 aliphatic carbocycles. The molecule has 0 saturated heterocycles. The molecule has 7 heteroatoms. The summed E-state index contributed by atoms with van der Waals surface area (Å²) in [7, 11) is 0. The van der Waals surface area contributed by atoms with E-state index >= 15 is 0 Å².